The van der Waals surface area contributed by atoms with Gasteiger partial charge in [0.2, 0.25) is 0 Å². The molecular weight excluding hydrogens is 412 g/mol. The molecule has 3 N–H and O–H groups in total. The molecule has 0 aliphatic heterocycles. The Morgan fingerprint density at radius 2 is 1.58 bits per heavy atom. The molecule has 0 saturated heterocycles. The Bertz CT molecular complexity index is 1020. The maximum Gasteiger partial charge on any atom is 0.251 e. The van der Waals surface area contributed by atoms with Gasteiger partial charge >= 0.3 is 0 Å². The number of hydrogen-bond donors (Lipinski definition) is 3. The second-order valence-electron chi connectivity index (χ2n) is 7.46. The van der Waals surface area contributed by atoms with Crippen LogP contribution in [-0.4, -0.2) is 40.1 Å². The first-order valence-electron chi connectivity index (χ1n) is 10.4. The van der Waals surface area contributed by atoms with Gasteiger partial charge in [0.25, 0.3) is 5.91 Å². The molecule has 2 aromatic carbocycles. The second-order valence-corrected chi connectivity index (χ2v) is 9.44. The Balaban J connectivity index is 1.87. The fraction of sp³-hybridized carbons (Fsp3) is 0.391. The van der Waals surface area contributed by atoms with Crippen LogP contribution in [0.4, 0.5) is 0 Å². The van der Waals surface area contributed by atoms with Crippen LogP contribution in [0.15, 0.2) is 52.4 Å². The summed E-state index contributed by atoms with van der Waals surface area (Å²) in [5, 5.41) is 9.37. The van der Waals surface area contributed by atoms with Crippen molar-refractivity contribution in [3.63, 3.8) is 0 Å². The molecule has 0 bridgehead atoms. The van der Waals surface area contributed by atoms with Crippen molar-refractivity contribution in [1.29, 1.82) is 0 Å². The third-order valence-electron chi connectivity index (χ3n) is 4.81. The summed E-state index contributed by atoms with van der Waals surface area (Å²) in [5.41, 5.74) is 3.37. The van der Waals surface area contributed by atoms with Crippen LogP contribution in [0.5, 0.6) is 0 Å². The first-order chi connectivity index (χ1) is 14.7. The van der Waals surface area contributed by atoms with Gasteiger partial charge in [-0.25, -0.2) is 8.42 Å². The molecule has 0 heterocycles. The Labute approximate surface area is 185 Å². The Morgan fingerprint density at radius 1 is 0.968 bits per heavy atom. The molecular formula is C23H32N4O3S. The molecule has 0 atom stereocenters. The number of sulfone groups is 1. The van der Waals surface area contributed by atoms with Crippen molar-refractivity contribution in [2.45, 2.75) is 44.7 Å². The Hall–Kier alpha value is -2.87. The number of amides is 1. The van der Waals surface area contributed by atoms with Gasteiger partial charge in [-0.15, -0.1) is 0 Å². The predicted molar refractivity (Wildman–Crippen MR) is 125 cm³/mol. The number of nitrogens with zero attached hydrogens (tertiary/aromatic N) is 1. The van der Waals surface area contributed by atoms with E-state index in [0.29, 0.717) is 36.1 Å². The standard InChI is InChI=1S/C23H32N4O3S/c1-5-6-13-25-22(28)20-10-7-18(8-11-20)15-26-23(24-3)27-16-19-9-12-21(17(2)14-19)31(4,29)30/h7-12,14H,5-6,13,15-16H2,1-4H3,(H,25,28)(H2,24,26,27). The first-order valence-corrected chi connectivity index (χ1v) is 12.2. The number of carbonyl (C=O) groups is 1. The summed E-state index contributed by atoms with van der Waals surface area (Å²) in [6, 6.07) is 12.8. The van der Waals surface area contributed by atoms with Crippen molar-refractivity contribution >= 4 is 21.7 Å². The minimum Gasteiger partial charge on any atom is -0.352 e. The maximum atomic E-state index is 12.1. The molecule has 2 aromatic rings. The van der Waals surface area contributed by atoms with Gasteiger partial charge in [0, 0.05) is 38.5 Å². The lowest BCUT2D eigenvalue weighted by Crippen LogP contribution is -2.36. The van der Waals surface area contributed by atoms with Crippen molar-refractivity contribution in [1.82, 2.24) is 16.0 Å². The van der Waals surface area contributed by atoms with Crippen molar-refractivity contribution in [2.24, 2.45) is 4.99 Å². The lowest BCUT2D eigenvalue weighted by molar-refractivity contribution is 0.0953. The highest BCUT2D eigenvalue weighted by atomic mass is 32.2. The maximum absolute atomic E-state index is 12.1. The average molecular weight is 445 g/mol. The normalized spacial score (nSPS) is 11.8. The summed E-state index contributed by atoms with van der Waals surface area (Å²) in [6.07, 6.45) is 3.23. The number of nitrogens with one attached hydrogen (secondary N) is 3. The molecule has 1 amide bonds. The molecule has 0 aromatic heterocycles. The molecule has 0 radical (unpaired) electrons. The van der Waals surface area contributed by atoms with Crippen molar-refractivity contribution in [3.05, 3.63) is 64.7 Å². The highest BCUT2D eigenvalue weighted by molar-refractivity contribution is 7.90. The monoisotopic (exact) mass is 444 g/mol. The number of unbranched alkanes of at least 4 members (excludes halogenated alkanes) is 1. The van der Waals surface area contributed by atoms with Gasteiger partial charge in [-0.3, -0.25) is 9.79 Å². The minimum absolute atomic E-state index is 0.0531. The van der Waals surface area contributed by atoms with E-state index < -0.39 is 9.84 Å². The Kier molecular flexibility index (Phi) is 9.05. The molecule has 0 spiro atoms. The van der Waals surface area contributed by atoms with E-state index in [9.17, 15) is 13.2 Å². The topological polar surface area (TPSA) is 99.7 Å². The third kappa shape index (κ3) is 7.71. The highest BCUT2D eigenvalue weighted by Crippen LogP contribution is 2.16. The van der Waals surface area contributed by atoms with Crippen LogP contribution in [0.1, 0.15) is 46.8 Å². The Morgan fingerprint density at radius 3 is 2.13 bits per heavy atom. The van der Waals surface area contributed by atoms with Gasteiger partial charge in [0.1, 0.15) is 0 Å². The van der Waals surface area contributed by atoms with E-state index in [0.717, 1.165) is 29.5 Å². The molecule has 168 valence electrons. The summed E-state index contributed by atoms with van der Waals surface area (Å²) in [7, 11) is -1.53. The van der Waals surface area contributed by atoms with E-state index in [1.165, 1.54) is 6.26 Å². The third-order valence-corrected chi connectivity index (χ3v) is 6.07. The van der Waals surface area contributed by atoms with E-state index in [4.69, 9.17) is 0 Å². The van der Waals surface area contributed by atoms with Crippen LogP contribution in [0.25, 0.3) is 0 Å². The fourth-order valence-corrected chi connectivity index (χ4v) is 4.04. The van der Waals surface area contributed by atoms with Crippen LogP contribution < -0.4 is 16.0 Å². The van der Waals surface area contributed by atoms with Crippen LogP contribution in [-0.2, 0) is 22.9 Å². The quantitative estimate of drug-likeness (QED) is 0.314. The fourth-order valence-electron chi connectivity index (χ4n) is 3.08. The molecule has 8 heteroatoms. The molecule has 0 fully saturated rings. The molecule has 0 unspecified atom stereocenters. The van der Waals surface area contributed by atoms with Crippen molar-refractivity contribution < 1.29 is 13.2 Å². The molecule has 31 heavy (non-hydrogen) atoms. The van der Waals surface area contributed by atoms with E-state index in [1.807, 2.05) is 30.3 Å². The largest absolute Gasteiger partial charge is 0.352 e. The summed E-state index contributed by atoms with van der Waals surface area (Å²) >= 11 is 0. The van der Waals surface area contributed by atoms with Gasteiger partial charge in [-0.2, -0.15) is 0 Å². The SMILES string of the molecule is CCCCNC(=O)c1ccc(CNC(=NC)NCc2ccc(S(C)(=O)=O)c(C)c2)cc1. The van der Waals surface area contributed by atoms with Crippen LogP contribution >= 0.6 is 0 Å². The number of benzene rings is 2. The van der Waals surface area contributed by atoms with E-state index in [1.54, 1.807) is 26.1 Å². The molecule has 7 nitrogen and oxygen atoms in total. The van der Waals surface area contributed by atoms with Crippen molar-refractivity contribution in [2.75, 3.05) is 19.8 Å². The highest BCUT2D eigenvalue weighted by Gasteiger charge is 2.11. The van der Waals surface area contributed by atoms with Crippen LogP contribution in [0, 0.1) is 6.92 Å². The first kappa shape index (κ1) is 24.4. The number of guanidine groups is 1. The predicted octanol–water partition coefficient (Wildman–Crippen LogP) is 2.79. The zero-order valence-electron chi connectivity index (χ0n) is 18.7. The molecule has 0 saturated carbocycles. The average Bonchev–Trinajstić information content (AvgIpc) is 2.73. The molecule has 0 aliphatic rings. The zero-order valence-corrected chi connectivity index (χ0v) is 19.5. The number of aryl methyl sites for hydroxylation is 1. The van der Waals surface area contributed by atoms with Gasteiger partial charge in [0.05, 0.1) is 4.90 Å². The van der Waals surface area contributed by atoms with Gasteiger partial charge in [0.15, 0.2) is 15.8 Å². The van der Waals surface area contributed by atoms with Crippen molar-refractivity contribution in [3.8, 4) is 0 Å². The number of carbonyl (C=O) groups excluding carboxylic acids is 1. The van der Waals surface area contributed by atoms with Gasteiger partial charge < -0.3 is 16.0 Å². The molecule has 0 aliphatic carbocycles. The second kappa shape index (κ2) is 11.5. The lowest BCUT2D eigenvalue weighted by Gasteiger charge is -2.13. The number of hydrogen-bond acceptors (Lipinski definition) is 4. The summed E-state index contributed by atoms with van der Waals surface area (Å²) < 4.78 is 23.5. The van der Waals surface area contributed by atoms with Crippen LogP contribution in [0.3, 0.4) is 0 Å². The summed E-state index contributed by atoms with van der Waals surface area (Å²) in [5.74, 6) is 0.578. The van der Waals surface area contributed by atoms with Crippen LogP contribution in [0.2, 0.25) is 0 Å². The van der Waals surface area contributed by atoms with E-state index >= 15 is 0 Å². The number of rotatable bonds is 9. The molecule has 2 rings (SSSR count). The van der Waals surface area contributed by atoms with Gasteiger partial charge in [-0.1, -0.05) is 37.6 Å². The van der Waals surface area contributed by atoms with E-state index in [-0.39, 0.29) is 5.91 Å². The lowest BCUT2D eigenvalue weighted by atomic mass is 10.1. The van der Waals surface area contributed by atoms with Gasteiger partial charge in [-0.05, 0) is 48.2 Å². The van der Waals surface area contributed by atoms with E-state index in [2.05, 4.69) is 27.9 Å². The summed E-state index contributed by atoms with van der Waals surface area (Å²) in [4.78, 5) is 16.6. The number of aliphatic imine (C=N–C) groups is 1. The smallest absolute Gasteiger partial charge is 0.251 e. The minimum atomic E-state index is -3.22. The zero-order chi connectivity index (χ0) is 22.9. The summed E-state index contributed by atoms with van der Waals surface area (Å²) in [6.45, 7) is 5.65.